The second-order valence-corrected chi connectivity index (χ2v) is 12.7. The summed E-state index contributed by atoms with van der Waals surface area (Å²) in [6.45, 7) is 2.06. The van der Waals surface area contributed by atoms with Gasteiger partial charge < -0.3 is 56.7 Å². The molecule has 2 fully saturated rings. The lowest BCUT2D eigenvalue weighted by Gasteiger charge is -2.34. The van der Waals surface area contributed by atoms with Crippen molar-refractivity contribution in [2.75, 3.05) is 18.4 Å². The molecule has 0 spiro atoms. The van der Waals surface area contributed by atoms with Crippen LogP contribution in [-0.4, -0.2) is 110 Å². The van der Waals surface area contributed by atoms with E-state index in [1.165, 1.54) is 31.2 Å². The van der Waals surface area contributed by atoms with Crippen molar-refractivity contribution in [1.29, 1.82) is 0 Å². The number of unbranched alkanes of at least 4 members (excludes halogenated alkanes) is 4. The van der Waals surface area contributed by atoms with Crippen molar-refractivity contribution in [3.05, 3.63) is 62.9 Å². The van der Waals surface area contributed by atoms with E-state index in [0.717, 1.165) is 29.7 Å². The van der Waals surface area contributed by atoms with Gasteiger partial charge in [-0.05, 0) is 43.5 Å². The molecule has 17 nitrogen and oxygen atoms in total. The zero-order valence-electron chi connectivity index (χ0n) is 28.1. The highest BCUT2D eigenvalue weighted by molar-refractivity contribution is 5.90. The van der Waals surface area contributed by atoms with Crippen LogP contribution in [0.25, 0.3) is 0 Å². The number of aliphatic hydroxyl groups excluding tert-OH is 4. The van der Waals surface area contributed by atoms with E-state index in [-0.39, 0.29) is 31.8 Å². The normalized spacial score (nSPS) is 27.6. The number of nitrogens with zero attached hydrogens (tertiary/aromatic N) is 1. The Balaban J connectivity index is 1.40. The van der Waals surface area contributed by atoms with Gasteiger partial charge in [-0.2, -0.15) is 0 Å². The number of carbonyl (C=O) groups is 2. The Morgan fingerprint density at radius 2 is 1.68 bits per heavy atom. The van der Waals surface area contributed by atoms with Gasteiger partial charge in [-0.1, -0.05) is 44.7 Å². The largest absolute Gasteiger partial charge is 0.387 e. The van der Waals surface area contributed by atoms with Gasteiger partial charge in [0.15, 0.2) is 12.5 Å². The smallest absolute Gasteiger partial charge is 0.330 e. The van der Waals surface area contributed by atoms with E-state index in [0.29, 0.717) is 5.69 Å². The molecule has 0 saturated carbocycles. The van der Waals surface area contributed by atoms with Crippen LogP contribution in [0.2, 0.25) is 0 Å². The van der Waals surface area contributed by atoms with Crippen LogP contribution in [0, 0.1) is 0 Å². The third-order valence-electron chi connectivity index (χ3n) is 8.95. The summed E-state index contributed by atoms with van der Waals surface area (Å²) >= 11 is 0. The number of nitrogens with one attached hydrogen (secondary N) is 3. The number of hydrogen-bond acceptors (Lipinski definition) is 13. The van der Waals surface area contributed by atoms with Crippen LogP contribution in [0.5, 0.6) is 0 Å². The van der Waals surface area contributed by atoms with Gasteiger partial charge in [0.05, 0.1) is 0 Å². The summed E-state index contributed by atoms with van der Waals surface area (Å²) in [5.74, 6) is -1.25. The fourth-order valence-corrected chi connectivity index (χ4v) is 6.13. The van der Waals surface area contributed by atoms with Gasteiger partial charge in [-0.3, -0.25) is 23.9 Å². The summed E-state index contributed by atoms with van der Waals surface area (Å²) in [6.07, 6.45) is -5.54. The molecule has 0 radical (unpaired) electrons. The number of aromatic amines is 1. The molecule has 1 aromatic heterocycles. The Kier molecular flexibility index (Phi) is 14.6. The average Bonchev–Trinajstić information content (AvgIpc) is 3.53. The number of ether oxygens (including phenoxy) is 3. The molecule has 278 valence electrons. The SMILES string of the molecule is CCCCCCCc1ccc(NC(=O)CCCN[C@H](C(N)=O)[C@H](OC2O[C@H](CN)[C@@H](O)[C@H]2O)[C@H]2O[C@@H](n3ccc(=O)[nH]c3=O)C(O)C2O)cc1. The first-order valence-electron chi connectivity index (χ1n) is 17.1. The monoisotopic (exact) mass is 706 g/mol. The number of nitrogens with two attached hydrogens (primary N) is 2. The van der Waals surface area contributed by atoms with Crippen LogP contribution in [0.15, 0.2) is 46.1 Å². The zero-order valence-corrected chi connectivity index (χ0v) is 28.1. The second kappa shape index (κ2) is 18.6. The number of benzene rings is 1. The number of primary amides is 1. The molecular weight excluding hydrogens is 656 g/mol. The molecule has 2 aromatic rings. The van der Waals surface area contributed by atoms with Crippen molar-refractivity contribution in [1.82, 2.24) is 14.9 Å². The molecule has 50 heavy (non-hydrogen) atoms. The third kappa shape index (κ3) is 10.0. The van der Waals surface area contributed by atoms with E-state index < -0.39 is 78.4 Å². The maximum atomic E-state index is 12.8. The molecule has 0 bridgehead atoms. The number of H-pyrrole nitrogens is 1. The Labute approximate surface area is 288 Å². The van der Waals surface area contributed by atoms with Gasteiger partial charge >= 0.3 is 5.69 Å². The van der Waals surface area contributed by atoms with Gasteiger partial charge in [0.25, 0.3) is 5.56 Å². The van der Waals surface area contributed by atoms with Crippen LogP contribution in [0.4, 0.5) is 5.69 Å². The first-order chi connectivity index (χ1) is 23.9. The highest BCUT2D eigenvalue weighted by atomic mass is 16.7. The van der Waals surface area contributed by atoms with Crippen molar-refractivity contribution in [2.24, 2.45) is 11.5 Å². The Bertz CT molecular complexity index is 1500. The van der Waals surface area contributed by atoms with Crippen molar-refractivity contribution >= 4 is 17.5 Å². The minimum Gasteiger partial charge on any atom is -0.387 e. The van der Waals surface area contributed by atoms with Crippen molar-refractivity contribution in [3.8, 4) is 0 Å². The molecule has 17 heteroatoms. The molecule has 11 N–H and O–H groups in total. The first-order valence-corrected chi connectivity index (χ1v) is 17.1. The number of anilines is 1. The number of aryl methyl sites for hydroxylation is 1. The lowest BCUT2D eigenvalue weighted by atomic mass is 9.98. The second-order valence-electron chi connectivity index (χ2n) is 12.7. The molecule has 10 atom stereocenters. The predicted molar refractivity (Wildman–Crippen MR) is 180 cm³/mol. The standard InChI is InChI=1S/C33H50N6O11/c1-2-3-4-5-6-8-18-10-12-19(13-11-18)37-21(40)9-7-15-36-23(30(35)46)28(50-32-27(45)24(42)20(17-34)48-32)29-25(43)26(44)31(49-29)39-16-14-22(41)38-33(39)47/h10-14,16,20,23-29,31-32,36,42-45H,2-9,15,17,34H2,1H3,(H2,35,46)(H,37,40)(H,38,41,47)/t20-,23+,24-,25?,26?,27-,28+,29+,31-,32?/m1/s1. The molecule has 3 unspecified atom stereocenters. The summed E-state index contributed by atoms with van der Waals surface area (Å²) < 4.78 is 18.2. The van der Waals surface area contributed by atoms with Gasteiger partial charge in [0.2, 0.25) is 11.8 Å². The van der Waals surface area contributed by atoms with Gasteiger partial charge in [-0.15, -0.1) is 0 Å². The fraction of sp³-hybridized carbons (Fsp3) is 0.636. The molecule has 1 aromatic carbocycles. The number of rotatable bonds is 19. The maximum absolute atomic E-state index is 12.8. The van der Waals surface area contributed by atoms with Gasteiger partial charge in [0, 0.05) is 30.9 Å². The van der Waals surface area contributed by atoms with E-state index in [2.05, 4.69) is 17.6 Å². The van der Waals surface area contributed by atoms with E-state index in [9.17, 15) is 39.6 Å². The molecule has 2 aliphatic heterocycles. The van der Waals surface area contributed by atoms with Crippen molar-refractivity contribution in [2.45, 2.75) is 120 Å². The minimum absolute atomic E-state index is 0.0498. The summed E-state index contributed by atoms with van der Waals surface area (Å²) in [5, 5.41) is 48.6. The first kappa shape index (κ1) is 39.3. The minimum atomic E-state index is -1.78. The Hall–Kier alpha value is -3.52. The number of hydrogen-bond donors (Lipinski definition) is 9. The van der Waals surface area contributed by atoms with E-state index in [1.807, 2.05) is 29.2 Å². The van der Waals surface area contributed by atoms with Crippen LogP contribution in [0.3, 0.4) is 0 Å². The van der Waals surface area contributed by atoms with Crippen LogP contribution < -0.4 is 33.3 Å². The van der Waals surface area contributed by atoms with Crippen LogP contribution in [-0.2, 0) is 30.2 Å². The molecular formula is C33H50N6O11. The maximum Gasteiger partial charge on any atom is 0.330 e. The Morgan fingerprint density at radius 1 is 0.960 bits per heavy atom. The highest BCUT2D eigenvalue weighted by Crippen LogP contribution is 2.34. The summed E-state index contributed by atoms with van der Waals surface area (Å²) in [7, 11) is 0. The predicted octanol–water partition coefficient (Wildman–Crippen LogP) is -1.68. The summed E-state index contributed by atoms with van der Waals surface area (Å²) in [5.41, 5.74) is 11.6. The quantitative estimate of drug-likeness (QED) is 0.0740. The highest BCUT2D eigenvalue weighted by Gasteiger charge is 2.53. The van der Waals surface area contributed by atoms with Crippen LogP contribution in [0.1, 0.15) is 63.7 Å². The van der Waals surface area contributed by atoms with E-state index in [4.69, 9.17) is 25.7 Å². The summed E-state index contributed by atoms with van der Waals surface area (Å²) in [4.78, 5) is 51.5. The number of aromatic nitrogens is 2. The topological polar surface area (TPSA) is 274 Å². The van der Waals surface area contributed by atoms with Crippen molar-refractivity contribution < 1.29 is 44.2 Å². The van der Waals surface area contributed by atoms with E-state index >= 15 is 0 Å². The van der Waals surface area contributed by atoms with Crippen LogP contribution >= 0.6 is 0 Å². The number of carbonyl (C=O) groups excluding carboxylic acids is 2. The zero-order chi connectivity index (χ0) is 36.4. The molecule has 2 amide bonds. The number of aliphatic hydroxyl groups is 4. The van der Waals surface area contributed by atoms with Crippen molar-refractivity contribution in [3.63, 3.8) is 0 Å². The average molecular weight is 707 g/mol. The van der Waals surface area contributed by atoms with E-state index in [1.54, 1.807) is 0 Å². The fourth-order valence-electron chi connectivity index (χ4n) is 6.13. The molecule has 2 saturated heterocycles. The molecule has 0 aliphatic carbocycles. The molecule has 3 heterocycles. The van der Waals surface area contributed by atoms with Gasteiger partial charge in [-0.25, -0.2) is 4.79 Å². The molecule has 4 rings (SSSR count). The summed E-state index contributed by atoms with van der Waals surface area (Å²) in [6, 6.07) is 7.23. The van der Waals surface area contributed by atoms with Gasteiger partial charge in [0.1, 0.15) is 48.8 Å². The number of amides is 2. The lowest BCUT2D eigenvalue weighted by Crippen LogP contribution is -2.59. The Morgan fingerprint density at radius 3 is 2.32 bits per heavy atom. The third-order valence-corrected chi connectivity index (χ3v) is 8.95. The molecule has 2 aliphatic rings. The lowest BCUT2D eigenvalue weighted by molar-refractivity contribution is -0.226.